The molecule has 0 unspecified atom stereocenters. The van der Waals surface area contributed by atoms with E-state index in [9.17, 15) is 9.59 Å². The molecule has 2 heterocycles. The number of thioether (sulfide) groups is 1. The number of rotatable bonds is 5. The van der Waals surface area contributed by atoms with Crippen molar-refractivity contribution in [1.29, 1.82) is 0 Å². The molecule has 0 aliphatic carbocycles. The van der Waals surface area contributed by atoms with E-state index < -0.39 is 5.91 Å². The summed E-state index contributed by atoms with van der Waals surface area (Å²) < 4.78 is 6.38. The number of hydrogen-bond acceptors (Lipinski definition) is 7. The number of aryl methyl sites for hydroxylation is 2. The molecule has 0 spiro atoms. The van der Waals surface area contributed by atoms with Gasteiger partial charge in [-0.3, -0.25) is 14.9 Å². The van der Waals surface area contributed by atoms with E-state index in [0.29, 0.717) is 21.9 Å². The van der Waals surface area contributed by atoms with Gasteiger partial charge in [-0.25, -0.2) is 0 Å². The maximum Gasteiger partial charge on any atom is 0.293 e. The van der Waals surface area contributed by atoms with E-state index in [-0.39, 0.29) is 11.2 Å². The quantitative estimate of drug-likeness (QED) is 0.416. The Labute approximate surface area is 152 Å². The molecular formula is C17H15N3O3S2. The summed E-state index contributed by atoms with van der Waals surface area (Å²) in [5.41, 5.74) is 1.94. The van der Waals surface area contributed by atoms with Gasteiger partial charge in [0, 0.05) is 11.8 Å². The lowest BCUT2D eigenvalue weighted by atomic mass is 10.1. The van der Waals surface area contributed by atoms with Crippen molar-refractivity contribution in [3.8, 4) is 0 Å². The molecule has 0 aliphatic heterocycles. The number of carbonyl (C=O) groups is 1. The zero-order valence-electron chi connectivity index (χ0n) is 13.7. The van der Waals surface area contributed by atoms with Crippen LogP contribution in [0.25, 0.3) is 11.0 Å². The van der Waals surface area contributed by atoms with Gasteiger partial charge in [-0.1, -0.05) is 35.2 Å². The largest absolute Gasteiger partial charge is 0.450 e. The maximum atomic E-state index is 12.4. The molecule has 3 rings (SSSR count). The van der Waals surface area contributed by atoms with Gasteiger partial charge >= 0.3 is 0 Å². The van der Waals surface area contributed by atoms with Crippen molar-refractivity contribution in [2.75, 3.05) is 11.1 Å². The van der Waals surface area contributed by atoms with Crippen LogP contribution in [0.5, 0.6) is 0 Å². The number of amides is 1. The Morgan fingerprint density at radius 2 is 2.16 bits per heavy atom. The smallest absolute Gasteiger partial charge is 0.293 e. The molecule has 0 bridgehead atoms. The number of benzene rings is 1. The molecule has 0 aliphatic rings. The summed E-state index contributed by atoms with van der Waals surface area (Å²) in [6.07, 6.45) is 1.76. The lowest BCUT2D eigenvalue weighted by Crippen LogP contribution is -2.15. The molecule has 1 N–H and O–H groups in total. The van der Waals surface area contributed by atoms with Gasteiger partial charge in [-0.15, -0.1) is 16.8 Å². The topological polar surface area (TPSA) is 85.1 Å². The van der Waals surface area contributed by atoms with Crippen LogP contribution in [0.15, 0.2) is 44.4 Å². The first-order valence-electron chi connectivity index (χ1n) is 7.41. The minimum Gasteiger partial charge on any atom is -0.450 e. The summed E-state index contributed by atoms with van der Waals surface area (Å²) in [4.78, 5) is 24.7. The maximum absolute atomic E-state index is 12.4. The van der Waals surface area contributed by atoms with Crippen LogP contribution in [0, 0.1) is 13.8 Å². The van der Waals surface area contributed by atoms with Gasteiger partial charge in [0.25, 0.3) is 5.91 Å². The Kier molecular flexibility index (Phi) is 5.00. The first kappa shape index (κ1) is 17.4. The van der Waals surface area contributed by atoms with Gasteiger partial charge < -0.3 is 4.42 Å². The third-order valence-corrected chi connectivity index (χ3v) is 5.30. The lowest BCUT2D eigenvalue weighted by molar-refractivity contribution is 0.0997. The number of nitrogens with one attached hydrogen (secondary N) is 1. The van der Waals surface area contributed by atoms with Gasteiger partial charge in [0.2, 0.25) is 5.13 Å². The SMILES string of the molecule is C=CCSc1nnc(NC(=O)c2cc(=O)c3cc(C)cc(C)c3o2)s1. The molecule has 0 saturated carbocycles. The van der Waals surface area contributed by atoms with E-state index in [1.165, 1.54) is 29.2 Å². The molecular weight excluding hydrogens is 358 g/mol. The van der Waals surface area contributed by atoms with Crippen molar-refractivity contribution < 1.29 is 9.21 Å². The van der Waals surface area contributed by atoms with Crippen LogP contribution >= 0.6 is 23.1 Å². The zero-order valence-corrected chi connectivity index (χ0v) is 15.3. The first-order valence-corrected chi connectivity index (χ1v) is 9.22. The summed E-state index contributed by atoms with van der Waals surface area (Å²) in [5.74, 6) is 0.122. The fourth-order valence-electron chi connectivity index (χ4n) is 2.33. The average molecular weight is 373 g/mol. The Morgan fingerprint density at radius 3 is 2.92 bits per heavy atom. The third-order valence-electron chi connectivity index (χ3n) is 3.33. The van der Waals surface area contributed by atoms with Crippen molar-refractivity contribution in [1.82, 2.24) is 10.2 Å². The molecule has 0 atom stereocenters. The summed E-state index contributed by atoms with van der Waals surface area (Å²) in [5, 5.41) is 11.3. The Morgan fingerprint density at radius 1 is 1.36 bits per heavy atom. The molecule has 128 valence electrons. The first-order chi connectivity index (χ1) is 12.0. The van der Waals surface area contributed by atoms with E-state index in [1.54, 1.807) is 12.1 Å². The van der Waals surface area contributed by atoms with Gasteiger partial charge in [0.1, 0.15) is 5.58 Å². The van der Waals surface area contributed by atoms with E-state index >= 15 is 0 Å². The fourth-order valence-corrected chi connectivity index (χ4v) is 3.84. The van der Waals surface area contributed by atoms with Crippen molar-refractivity contribution in [2.24, 2.45) is 0 Å². The Bertz CT molecular complexity index is 1020. The molecule has 2 aromatic heterocycles. The number of carbonyl (C=O) groups excluding carboxylic acids is 1. The molecule has 1 amide bonds. The Balaban J connectivity index is 1.88. The zero-order chi connectivity index (χ0) is 18.0. The second kappa shape index (κ2) is 7.20. The number of nitrogens with zero attached hydrogens (tertiary/aromatic N) is 2. The molecule has 25 heavy (non-hydrogen) atoms. The highest BCUT2D eigenvalue weighted by molar-refractivity contribution is 8.01. The standard InChI is InChI=1S/C17H15N3O3S2/c1-4-5-24-17-20-19-16(25-17)18-15(22)13-8-12(21)11-7-9(2)6-10(3)14(11)23-13/h4,6-8H,1,5H2,2-3H3,(H,18,19,22). The predicted octanol–water partition coefficient (Wildman–Crippen LogP) is 3.79. The van der Waals surface area contributed by atoms with Crippen molar-refractivity contribution in [2.45, 2.75) is 18.2 Å². The molecule has 8 heteroatoms. The van der Waals surface area contributed by atoms with Crippen LogP contribution in [-0.2, 0) is 0 Å². The van der Waals surface area contributed by atoms with Gasteiger partial charge in [0.05, 0.1) is 5.39 Å². The minimum atomic E-state index is -0.532. The Hall–Kier alpha value is -2.45. The van der Waals surface area contributed by atoms with Crippen LogP contribution in [0.4, 0.5) is 5.13 Å². The number of fused-ring (bicyclic) bond motifs is 1. The van der Waals surface area contributed by atoms with Crippen LogP contribution < -0.4 is 10.7 Å². The van der Waals surface area contributed by atoms with E-state index in [4.69, 9.17) is 4.42 Å². The van der Waals surface area contributed by atoms with Crippen molar-refractivity contribution in [3.05, 3.63) is 58.0 Å². The summed E-state index contributed by atoms with van der Waals surface area (Å²) >= 11 is 2.72. The normalized spacial score (nSPS) is 10.8. The van der Waals surface area contributed by atoms with Crippen LogP contribution in [-0.4, -0.2) is 21.9 Å². The van der Waals surface area contributed by atoms with E-state index in [2.05, 4.69) is 22.1 Å². The summed E-state index contributed by atoms with van der Waals surface area (Å²) in [6, 6.07) is 4.86. The average Bonchev–Trinajstić information content (AvgIpc) is 3.01. The van der Waals surface area contributed by atoms with Crippen molar-refractivity contribution >= 4 is 45.1 Å². The molecule has 0 saturated heterocycles. The highest BCUT2D eigenvalue weighted by atomic mass is 32.2. The minimum absolute atomic E-state index is 0.0556. The predicted molar refractivity (Wildman–Crippen MR) is 101 cm³/mol. The summed E-state index contributed by atoms with van der Waals surface area (Å²) in [6.45, 7) is 7.39. The fraction of sp³-hybridized carbons (Fsp3) is 0.176. The molecule has 1 aromatic carbocycles. The van der Waals surface area contributed by atoms with Crippen LogP contribution in [0.1, 0.15) is 21.7 Å². The molecule has 3 aromatic rings. The van der Waals surface area contributed by atoms with Crippen LogP contribution in [0.2, 0.25) is 0 Å². The van der Waals surface area contributed by atoms with Gasteiger partial charge in [-0.05, 0) is 31.0 Å². The highest BCUT2D eigenvalue weighted by Gasteiger charge is 2.16. The van der Waals surface area contributed by atoms with Gasteiger partial charge in [-0.2, -0.15) is 0 Å². The second-order valence-electron chi connectivity index (χ2n) is 5.36. The van der Waals surface area contributed by atoms with E-state index in [0.717, 1.165) is 15.5 Å². The van der Waals surface area contributed by atoms with Crippen LogP contribution in [0.3, 0.4) is 0 Å². The molecule has 0 fully saturated rings. The second-order valence-corrected chi connectivity index (χ2v) is 7.60. The molecule has 6 nitrogen and oxygen atoms in total. The number of anilines is 1. The van der Waals surface area contributed by atoms with E-state index in [1.807, 2.05) is 19.9 Å². The lowest BCUT2D eigenvalue weighted by Gasteiger charge is -2.05. The third kappa shape index (κ3) is 3.80. The van der Waals surface area contributed by atoms with Crippen molar-refractivity contribution in [3.63, 3.8) is 0 Å². The van der Waals surface area contributed by atoms with Gasteiger partial charge in [0.15, 0.2) is 15.5 Å². The number of hydrogen-bond donors (Lipinski definition) is 1. The summed E-state index contributed by atoms with van der Waals surface area (Å²) in [7, 11) is 0. The molecule has 0 radical (unpaired) electrons. The number of aromatic nitrogens is 2. The highest BCUT2D eigenvalue weighted by Crippen LogP contribution is 2.26. The monoisotopic (exact) mass is 373 g/mol.